The van der Waals surface area contributed by atoms with Crippen molar-refractivity contribution < 1.29 is 13.5 Å². The van der Waals surface area contributed by atoms with Crippen LogP contribution in [-0.2, 0) is 9.84 Å². The SMILES string of the molecule is CNC(C)(CO)CC(C)N1CCCS(=O)(=O)CC1. The van der Waals surface area contributed by atoms with Crippen molar-refractivity contribution in [3.05, 3.63) is 0 Å². The van der Waals surface area contributed by atoms with Crippen molar-refractivity contribution in [2.75, 3.05) is 38.2 Å². The summed E-state index contributed by atoms with van der Waals surface area (Å²) in [5, 5.41) is 12.5. The molecule has 0 aromatic carbocycles. The minimum absolute atomic E-state index is 0.0833. The van der Waals surface area contributed by atoms with Crippen LogP contribution in [0.15, 0.2) is 0 Å². The minimum atomic E-state index is -2.85. The van der Waals surface area contributed by atoms with Crippen LogP contribution >= 0.6 is 0 Å². The lowest BCUT2D eigenvalue weighted by molar-refractivity contribution is 0.124. The highest BCUT2D eigenvalue weighted by atomic mass is 32.2. The third-order valence-electron chi connectivity index (χ3n) is 3.91. The molecule has 0 aromatic rings. The molecule has 1 saturated heterocycles. The Hall–Kier alpha value is -0.170. The lowest BCUT2D eigenvalue weighted by Gasteiger charge is -2.35. The molecule has 0 amide bonds. The molecule has 5 nitrogen and oxygen atoms in total. The van der Waals surface area contributed by atoms with Crippen LogP contribution in [0, 0.1) is 0 Å². The van der Waals surface area contributed by atoms with Crippen molar-refractivity contribution in [2.24, 2.45) is 0 Å². The molecule has 2 N–H and O–H groups in total. The summed E-state index contributed by atoms with van der Waals surface area (Å²) in [7, 11) is -1.00. The van der Waals surface area contributed by atoms with Crippen LogP contribution < -0.4 is 5.32 Å². The summed E-state index contributed by atoms with van der Waals surface area (Å²) in [6.45, 7) is 5.60. The lowest BCUT2D eigenvalue weighted by atomic mass is 9.94. The van der Waals surface area contributed by atoms with Crippen molar-refractivity contribution >= 4 is 9.84 Å². The fraction of sp³-hybridized carbons (Fsp3) is 1.00. The van der Waals surface area contributed by atoms with E-state index >= 15 is 0 Å². The molecule has 1 heterocycles. The first-order valence-corrected chi connectivity index (χ1v) is 8.38. The standard InChI is InChI=1S/C12H26N2O3S/c1-11(9-12(2,10-15)13-3)14-5-4-7-18(16,17)8-6-14/h11,13,15H,4-10H2,1-3H3. The van der Waals surface area contributed by atoms with E-state index in [-0.39, 0.29) is 23.9 Å². The molecule has 1 aliphatic heterocycles. The van der Waals surface area contributed by atoms with Gasteiger partial charge in [0, 0.05) is 18.1 Å². The maximum Gasteiger partial charge on any atom is 0.151 e. The summed E-state index contributed by atoms with van der Waals surface area (Å²) in [4.78, 5) is 2.22. The van der Waals surface area contributed by atoms with E-state index in [2.05, 4.69) is 17.1 Å². The summed E-state index contributed by atoms with van der Waals surface area (Å²) >= 11 is 0. The van der Waals surface area contributed by atoms with Crippen LogP contribution in [0.5, 0.6) is 0 Å². The van der Waals surface area contributed by atoms with E-state index < -0.39 is 9.84 Å². The molecule has 0 aromatic heterocycles. The second-order valence-corrected chi connectivity index (χ2v) is 7.87. The smallest absolute Gasteiger partial charge is 0.151 e. The van der Waals surface area contributed by atoms with Gasteiger partial charge in [0.1, 0.15) is 0 Å². The van der Waals surface area contributed by atoms with Crippen LogP contribution in [0.25, 0.3) is 0 Å². The number of hydrogen-bond donors (Lipinski definition) is 2. The van der Waals surface area contributed by atoms with Gasteiger partial charge in [-0.3, -0.25) is 4.90 Å². The molecule has 0 saturated carbocycles. The van der Waals surface area contributed by atoms with E-state index in [4.69, 9.17) is 0 Å². The van der Waals surface area contributed by atoms with Gasteiger partial charge >= 0.3 is 0 Å². The van der Waals surface area contributed by atoms with Gasteiger partial charge < -0.3 is 10.4 Å². The Bertz CT molecular complexity index is 352. The summed E-state index contributed by atoms with van der Waals surface area (Å²) in [6.07, 6.45) is 1.52. The first kappa shape index (κ1) is 15.9. The summed E-state index contributed by atoms with van der Waals surface area (Å²) in [5.41, 5.74) is -0.301. The van der Waals surface area contributed by atoms with Crippen LogP contribution in [0.2, 0.25) is 0 Å². The average Bonchev–Trinajstić information content (AvgIpc) is 2.50. The quantitative estimate of drug-likeness (QED) is 0.732. The lowest BCUT2D eigenvalue weighted by Crippen LogP contribution is -2.49. The molecule has 2 atom stereocenters. The highest BCUT2D eigenvalue weighted by molar-refractivity contribution is 7.91. The molecule has 1 rings (SSSR count). The second-order valence-electron chi connectivity index (χ2n) is 5.56. The predicted octanol–water partition coefficient (Wildman–Crippen LogP) is -0.144. The molecular weight excluding hydrogens is 252 g/mol. The number of aliphatic hydroxyl groups is 1. The molecule has 108 valence electrons. The molecule has 2 unspecified atom stereocenters. The first-order chi connectivity index (χ1) is 8.32. The Morgan fingerprint density at radius 1 is 1.39 bits per heavy atom. The number of hydrogen-bond acceptors (Lipinski definition) is 5. The van der Waals surface area contributed by atoms with Crippen molar-refractivity contribution in [3.63, 3.8) is 0 Å². The Balaban J connectivity index is 2.59. The van der Waals surface area contributed by atoms with Crippen LogP contribution in [0.4, 0.5) is 0 Å². The Labute approximate surface area is 110 Å². The molecular formula is C12H26N2O3S. The van der Waals surface area contributed by atoms with Crippen molar-refractivity contribution in [1.82, 2.24) is 10.2 Å². The fourth-order valence-electron chi connectivity index (χ4n) is 2.43. The van der Waals surface area contributed by atoms with E-state index in [9.17, 15) is 13.5 Å². The van der Waals surface area contributed by atoms with Crippen molar-refractivity contribution in [1.29, 1.82) is 0 Å². The van der Waals surface area contributed by atoms with Gasteiger partial charge in [-0.25, -0.2) is 8.42 Å². The van der Waals surface area contributed by atoms with E-state index in [1.807, 2.05) is 14.0 Å². The number of rotatable bonds is 5. The van der Waals surface area contributed by atoms with Crippen molar-refractivity contribution in [2.45, 2.75) is 38.3 Å². The largest absolute Gasteiger partial charge is 0.394 e. The zero-order valence-electron chi connectivity index (χ0n) is 11.6. The van der Waals surface area contributed by atoms with Gasteiger partial charge in [0.05, 0.1) is 18.1 Å². The summed E-state index contributed by atoms with van der Waals surface area (Å²) in [6, 6.07) is 0.267. The number of sulfone groups is 1. The first-order valence-electron chi connectivity index (χ1n) is 6.56. The van der Waals surface area contributed by atoms with E-state index in [0.29, 0.717) is 18.7 Å². The highest BCUT2D eigenvalue weighted by Crippen LogP contribution is 2.17. The molecule has 1 fully saturated rings. The van der Waals surface area contributed by atoms with Gasteiger partial charge in [0.15, 0.2) is 9.84 Å². The molecule has 6 heteroatoms. The topological polar surface area (TPSA) is 69.6 Å². The molecule has 0 bridgehead atoms. The van der Waals surface area contributed by atoms with Gasteiger partial charge in [-0.1, -0.05) is 0 Å². The van der Waals surface area contributed by atoms with E-state index in [1.165, 1.54) is 0 Å². The Morgan fingerprint density at radius 3 is 2.61 bits per heavy atom. The number of likely N-dealkylation sites (N-methyl/N-ethyl adjacent to an activating group) is 1. The van der Waals surface area contributed by atoms with Gasteiger partial charge in [-0.15, -0.1) is 0 Å². The average molecular weight is 278 g/mol. The third kappa shape index (κ3) is 4.50. The van der Waals surface area contributed by atoms with Gasteiger partial charge in [0.25, 0.3) is 0 Å². The Morgan fingerprint density at radius 2 is 2.06 bits per heavy atom. The monoisotopic (exact) mass is 278 g/mol. The van der Waals surface area contributed by atoms with Crippen LogP contribution in [0.3, 0.4) is 0 Å². The third-order valence-corrected chi connectivity index (χ3v) is 5.63. The van der Waals surface area contributed by atoms with Crippen LogP contribution in [-0.4, -0.2) is 68.3 Å². The molecule has 0 spiro atoms. The van der Waals surface area contributed by atoms with E-state index in [1.54, 1.807) is 0 Å². The number of nitrogens with zero attached hydrogens (tertiary/aromatic N) is 1. The summed E-state index contributed by atoms with van der Waals surface area (Å²) in [5.74, 6) is 0.562. The van der Waals surface area contributed by atoms with Gasteiger partial charge in [-0.2, -0.15) is 0 Å². The number of aliphatic hydroxyl groups excluding tert-OH is 1. The van der Waals surface area contributed by atoms with E-state index in [0.717, 1.165) is 13.0 Å². The predicted molar refractivity (Wildman–Crippen MR) is 73.5 cm³/mol. The van der Waals surface area contributed by atoms with Crippen LogP contribution in [0.1, 0.15) is 26.7 Å². The maximum atomic E-state index is 11.6. The molecule has 18 heavy (non-hydrogen) atoms. The molecule has 1 aliphatic rings. The number of nitrogens with one attached hydrogen (secondary N) is 1. The zero-order chi connectivity index (χ0) is 13.8. The normalized spacial score (nSPS) is 26.2. The zero-order valence-corrected chi connectivity index (χ0v) is 12.5. The summed E-state index contributed by atoms with van der Waals surface area (Å²) < 4.78 is 23.1. The van der Waals surface area contributed by atoms with Gasteiger partial charge in [-0.05, 0) is 40.3 Å². The minimum Gasteiger partial charge on any atom is -0.394 e. The maximum absolute atomic E-state index is 11.6. The second kappa shape index (κ2) is 6.32. The van der Waals surface area contributed by atoms with Crippen molar-refractivity contribution in [3.8, 4) is 0 Å². The molecule has 0 aliphatic carbocycles. The Kier molecular flexibility index (Phi) is 5.58. The molecule has 0 radical (unpaired) electrons. The fourth-order valence-corrected chi connectivity index (χ4v) is 3.71. The van der Waals surface area contributed by atoms with Gasteiger partial charge in [0.2, 0.25) is 0 Å². The highest BCUT2D eigenvalue weighted by Gasteiger charge is 2.28.